The van der Waals surface area contributed by atoms with Crippen LogP contribution in [0.4, 0.5) is 4.39 Å². The zero-order chi connectivity index (χ0) is 15.3. The van der Waals surface area contributed by atoms with Gasteiger partial charge in [-0.15, -0.1) is 0 Å². The molecular formula is C13H18FN3O3S. The first-order valence-corrected chi connectivity index (χ1v) is 8.25. The van der Waals surface area contributed by atoms with Gasteiger partial charge in [-0.05, 0) is 24.3 Å². The molecule has 0 bridgehead atoms. The van der Waals surface area contributed by atoms with Crippen LogP contribution in [0.1, 0.15) is 0 Å². The summed E-state index contributed by atoms with van der Waals surface area (Å²) in [6.45, 7) is 2.55. The summed E-state index contributed by atoms with van der Waals surface area (Å²) in [5.74, 6) is -0.305. The summed E-state index contributed by atoms with van der Waals surface area (Å²) in [4.78, 5) is 6.03. The third-order valence-electron chi connectivity index (χ3n) is 3.14. The monoisotopic (exact) mass is 315 g/mol. The predicted molar refractivity (Wildman–Crippen MR) is 77.3 cm³/mol. The van der Waals surface area contributed by atoms with Gasteiger partial charge in [-0.25, -0.2) is 12.8 Å². The molecule has 8 heteroatoms. The number of hydrogen-bond acceptors (Lipinski definition) is 4. The number of nitrogens with zero attached hydrogens (tertiary/aromatic N) is 2. The van der Waals surface area contributed by atoms with Crippen molar-refractivity contribution >= 4 is 15.8 Å². The Bertz CT molecular complexity index is 596. The number of ether oxygens (including phenoxy) is 1. The molecule has 2 N–H and O–H groups in total. The largest absolute Gasteiger partial charge is 0.378 e. The summed E-state index contributed by atoms with van der Waals surface area (Å²) in [5, 5.41) is 0. The highest BCUT2D eigenvalue weighted by Gasteiger charge is 2.15. The molecule has 0 atom stereocenters. The predicted octanol–water partition coefficient (Wildman–Crippen LogP) is 0.246. The second-order valence-corrected chi connectivity index (χ2v) is 6.72. The van der Waals surface area contributed by atoms with Crippen molar-refractivity contribution in [3.05, 3.63) is 30.1 Å². The molecule has 0 aromatic heterocycles. The van der Waals surface area contributed by atoms with E-state index in [9.17, 15) is 12.8 Å². The Balaban J connectivity index is 1.93. The number of benzene rings is 1. The maximum atomic E-state index is 12.8. The lowest BCUT2D eigenvalue weighted by atomic mass is 10.4. The van der Waals surface area contributed by atoms with Crippen molar-refractivity contribution in [1.29, 1.82) is 0 Å². The topological polar surface area (TPSA) is 85.0 Å². The Morgan fingerprint density at radius 1 is 1.29 bits per heavy atom. The molecule has 0 saturated carbocycles. The van der Waals surface area contributed by atoms with E-state index < -0.39 is 15.7 Å². The lowest BCUT2D eigenvalue weighted by Gasteiger charge is -2.27. The highest BCUT2D eigenvalue weighted by molar-refractivity contribution is 7.91. The number of sulfone groups is 1. The Hall–Kier alpha value is -1.67. The number of guanidine groups is 1. The fourth-order valence-electron chi connectivity index (χ4n) is 1.93. The molecule has 2 rings (SSSR count). The Morgan fingerprint density at radius 2 is 1.90 bits per heavy atom. The van der Waals surface area contributed by atoms with E-state index in [0.29, 0.717) is 32.3 Å². The van der Waals surface area contributed by atoms with Crippen LogP contribution in [0.15, 0.2) is 34.2 Å². The van der Waals surface area contributed by atoms with E-state index in [0.717, 1.165) is 12.1 Å². The minimum atomic E-state index is -3.48. The molecule has 0 aliphatic carbocycles. The van der Waals surface area contributed by atoms with Gasteiger partial charge in [-0.1, -0.05) is 0 Å². The van der Waals surface area contributed by atoms with E-state index in [1.807, 2.05) is 4.90 Å². The van der Waals surface area contributed by atoms with Gasteiger partial charge in [0, 0.05) is 13.1 Å². The average Bonchev–Trinajstić information content (AvgIpc) is 2.48. The molecule has 0 radical (unpaired) electrons. The van der Waals surface area contributed by atoms with Crippen LogP contribution in [0.2, 0.25) is 0 Å². The van der Waals surface area contributed by atoms with Gasteiger partial charge in [0.1, 0.15) is 5.82 Å². The van der Waals surface area contributed by atoms with E-state index >= 15 is 0 Å². The van der Waals surface area contributed by atoms with Gasteiger partial charge in [-0.2, -0.15) is 0 Å². The molecule has 21 heavy (non-hydrogen) atoms. The van der Waals surface area contributed by atoms with Crippen molar-refractivity contribution in [3.8, 4) is 0 Å². The molecule has 0 unspecified atom stereocenters. The normalized spacial score (nSPS) is 17.0. The second kappa shape index (κ2) is 6.86. The highest BCUT2D eigenvalue weighted by atomic mass is 32.2. The first-order valence-electron chi connectivity index (χ1n) is 6.60. The smallest absolute Gasteiger partial charge is 0.191 e. The van der Waals surface area contributed by atoms with Gasteiger partial charge in [0.25, 0.3) is 0 Å². The number of morpholine rings is 1. The van der Waals surface area contributed by atoms with Gasteiger partial charge < -0.3 is 15.4 Å². The molecule has 1 heterocycles. The van der Waals surface area contributed by atoms with Crippen molar-refractivity contribution in [3.63, 3.8) is 0 Å². The molecule has 116 valence electrons. The van der Waals surface area contributed by atoms with Crippen molar-refractivity contribution in [2.75, 3.05) is 38.6 Å². The Morgan fingerprint density at radius 3 is 2.52 bits per heavy atom. The standard InChI is InChI=1S/C13H18FN3O3S/c14-11-1-3-12(4-2-11)21(18,19)10-5-16-13(15)17-6-8-20-9-7-17/h1-4H,5-10H2,(H2,15,16). The molecule has 6 nitrogen and oxygen atoms in total. The third kappa shape index (κ3) is 4.40. The summed E-state index contributed by atoms with van der Waals surface area (Å²) < 4.78 is 42.1. The van der Waals surface area contributed by atoms with Crippen molar-refractivity contribution in [2.45, 2.75) is 4.90 Å². The molecule has 1 aromatic carbocycles. The maximum absolute atomic E-state index is 12.8. The molecule has 1 saturated heterocycles. The summed E-state index contributed by atoms with van der Waals surface area (Å²) in [5.41, 5.74) is 5.81. The molecule has 1 aliphatic rings. The summed E-state index contributed by atoms with van der Waals surface area (Å²) >= 11 is 0. The Kier molecular flexibility index (Phi) is 5.13. The molecule has 1 aliphatic heterocycles. The van der Waals surface area contributed by atoms with E-state index in [-0.39, 0.29) is 17.2 Å². The van der Waals surface area contributed by atoms with Crippen LogP contribution in [-0.4, -0.2) is 57.9 Å². The fourth-order valence-corrected chi connectivity index (χ4v) is 3.05. The van der Waals surface area contributed by atoms with Crippen LogP contribution in [-0.2, 0) is 14.6 Å². The number of aliphatic imine (C=N–C) groups is 1. The van der Waals surface area contributed by atoms with E-state index in [1.165, 1.54) is 12.1 Å². The fraction of sp³-hybridized carbons (Fsp3) is 0.462. The SMILES string of the molecule is NC(=NCCS(=O)(=O)c1ccc(F)cc1)N1CCOCC1. The quantitative estimate of drug-likeness (QED) is 0.489. The number of nitrogens with two attached hydrogens (primary N) is 1. The van der Waals surface area contributed by atoms with Crippen LogP contribution in [0.3, 0.4) is 0 Å². The number of halogens is 1. The average molecular weight is 315 g/mol. The first-order chi connectivity index (χ1) is 9.99. The van der Waals surface area contributed by atoms with Gasteiger partial charge in [-0.3, -0.25) is 4.99 Å². The van der Waals surface area contributed by atoms with E-state index in [1.54, 1.807) is 0 Å². The second-order valence-electron chi connectivity index (χ2n) is 4.61. The zero-order valence-electron chi connectivity index (χ0n) is 11.5. The van der Waals surface area contributed by atoms with Gasteiger partial charge in [0.15, 0.2) is 15.8 Å². The Labute approximate surface area is 123 Å². The molecule has 1 aromatic rings. The van der Waals surface area contributed by atoms with E-state index in [2.05, 4.69) is 4.99 Å². The van der Waals surface area contributed by atoms with Gasteiger partial charge in [0.2, 0.25) is 0 Å². The van der Waals surface area contributed by atoms with Crippen molar-refractivity contribution < 1.29 is 17.5 Å². The summed E-state index contributed by atoms with van der Waals surface area (Å²) in [7, 11) is -3.48. The van der Waals surface area contributed by atoms with E-state index in [4.69, 9.17) is 10.5 Å². The summed E-state index contributed by atoms with van der Waals surface area (Å²) in [6.07, 6.45) is 0. The summed E-state index contributed by atoms with van der Waals surface area (Å²) in [6, 6.07) is 4.75. The third-order valence-corrected chi connectivity index (χ3v) is 4.85. The molecular weight excluding hydrogens is 297 g/mol. The van der Waals surface area contributed by atoms with Crippen molar-refractivity contribution in [1.82, 2.24) is 4.90 Å². The van der Waals surface area contributed by atoms with Crippen LogP contribution in [0.25, 0.3) is 0 Å². The van der Waals surface area contributed by atoms with Crippen LogP contribution >= 0.6 is 0 Å². The van der Waals surface area contributed by atoms with Crippen LogP contribution in [0.5, 0.6) is 0 Å². The van der Waals surface area contributed by atoms with Crippen LogP contribution < -0.4 is 5.73 Å². The lowest BCUT2D eigenvalue weighted by molar-refractivity contribution is 0.0674. The minimum Gasteiger partial charge on any atom is -0.378 e. The van der Waals surface area contributed by atoms with Gasteiger partial charge >= 0.3 is 0 Å². The molecule has 0 spiro atoms. The van der Waals surface area contributed by atoms with Crippen molar-refractivity contribution in [2.24, 2.45) is 10.7 Å². The number of hydrogen-bond donors (Lipinski definition) is 1. The van der Waals surface area contributed by atoms with Gasteiger partial charge in [0.05, 0.1) is 30.4 Å². The highest BCUT2D eigenvalue weighted by Crippen LogP contribution is 2.11. The maximum Gasteiger partial charge on any atom is 0.191 e. The lowest BCUT2D eigenvalue weighted by Crippen LogP contribution is -2.45. The van der Waals surface area contributed by atoms with Crippen LogP contribution in [0, 0.1) is 5.82 Å². The number of rotatable bonds is 4. The molecule has 1 fully saturated rings. The first kappa shape index (κ1) is 15.7. The zero-order valence-corrected chi connectivity index (χ0v) is 12.4. The minimum absolute atomic E-state index is 0.0723. The molecule has 0 amide bonds.